The average Bonchev–Trinajstić information content (AvgIpc) is 2.72. The number of nitrogens with one attached hydrogen (secondary N) is 2. The van der Waals surface area contributed by atoms with Gasteiger partial charge in [-0.3, -0.25) is 0 Å². The van der Waals surface area contributed by atoms with Crippen molar-refractivity contribution in [1.29, 1.82) is 0 Å². The van der Waals surface area contributed by atoms with Crippen LogP contribution in [-0.2, 0) is 16.6 Å². The Bertz CT molecular complexity index is 765. The van der Waals surface area contributed by atoms with Gasteiger partial charge in [0.1, 0.15) is 0 Å². The standard InChI is InChI=1S/C24H35BN3O/c1-17-15-19(3-4-21(17)24(2)10-5-22(29)27-23(24)25)16-18-8-13-28(14-9-18)20-6-11-26-12-7-20/h3-4,15,18,20,26H,5-14,16H2,1-2H3,(H,27,29). The number of carbonyl (C=O) groups is 1. The summed E-state index contributed by atoms with van der Waals surface area (Å²) in [7, 11) is 6.24. The summed E-state index contributed by atoms with van der Waals surface area (Å²) >= 11 is 0. The van der Waals surface area contributed by atoms with Gasteiger partial charge in [0.15, 0.2) is 0 Å². The third-order valence-corrected chi connectivity index (χ3v) is 7.60. The number of likely N-dealkylation sites (tertiary alicyclic amines) is 1. The second-order valence-electron chi connectivity index (χ2n) is 9.61. The van der Waals surface area contributed by atoms with Crippen LogP contribution in [0.3, 0.4) is 0 Å². The molecule has 4 rings (SSSR count). The van der Waals surface area contributed by atoms with Gasteiger partial charge in [0.05, 0.1) is 0 Å². The van der Waals surface area contributed by atoms with Crippen LogP contribution in [0.2, 0.25) is 0 Å². The van der Waals surface area contributed by atoms with Gasteiger partial charge < -0.3 is 5.32 Å². The van der Waals surface area contributed by atoms with Crippen LogP contribution in [0.1, 0.15) is 62.1 Å². The van der Waals surface area contributed by atoms with E-state index in [2.05, 4.69) is 47.6 Å². The van der Waals surface area contributed by atoms with Crippen LogP contribution in [0.4, 0.5) is 0 Å². The van der Waals surface area contributed by atoms with E-state index in [0.29, 0.717) is 12.0 Å². The molecule has 3 aliphatic rings. The summed E-state index contributed by atoms with van der Waals surface area (Å²) in [5.74, 6) is 0.824. The van der Waals surface area contributed by atoms with E-state index in [1.807, 2.05) is 0 Å². The van der Waals surface area contributed by atoms with Gasteiger partial charge in [-0.1, -0.05) is 0 Å². The van der Waals surface area contributed by atoms with E-state index in [0.717, 1.165) is 18.4 Å². The Morgan fingerprint density at radius 3 is 2.55 bits per heavy atom. The zero-order chi connectivity index (χ0) is 20.4. The van der Waals surface area contributed by atoms with Gasteiger partial charge in [0, 0.05) is 0 Å². The molecule has 0 saturated carbocycles. The summed E-state index contributed by atoms with van der Waals surface area (Å²) in [6.07, 6.45) is 7.74. The number of nitrogens with zero attached hydrogens (tertiary/aromatic N) is 1. The van der Waals surface area contributed by atoms with E-state index in [-0.39, 0.29) is 11.3 Å². The Morgan fingerprint density at radius 1 is 1.17 bits per heavy atom. The molecule has 0 bridgehead atoms. The molecule has 0 aliphatic carbocycles. The Hall–Kier alpha value is -1.46. The van der Waals surface area contributed by atoms with Gasteiger partial charge in [-0.25, -0.2) is 0 Å². The summed E-state index contributed by atoms with van der Waals surface area (Å²) in [4.78, 5) is 14.4. The van der Waals surface area contributed by atoms with Crippen LogP contribution in [0.5, 0.6) is 0 Å². The Kier molecular flexibility index (Phi) is 6.26. The van der Waals surface area contributed by atoms with E-state index < -0.39 is 0 Å². The van der Waals surface area contributed by atoms with Crippen LogP contribution in [0, 0.1) is 12.8 Å². The van der Waals surface area contributed by atoms with Crippen LogP contribution >= 0.6 is 0 Å². The molecule has 1 aromatic carbocycles. The number of hydrogen-bond donors (Lipinski definition) is 2. The van der Waals surface area contributed by atoms with E-state index >= 15 is 0 Å². The first-order valence-corrected chi connectivity index (χ1v) is 11.4. The van der Waals surface area contributed by atoms with Crippen LogP contribution in [0.25, 0.3) is 0 Å². The molecule has 155 valence electrons. The Labute approximate surface area is 176 Å². The minimum absolute atomic E-state index is 0.0325. The minimum atomic E-state index is -0.267. The molecule has 1 unspecified atom stereocenters. The molecular weight excluding hydrogens is 357 g/mol. The number of amides is 1. The van der Waals surface area contributed by atoms with Crippen molar-refractivity contribution in [3.05, 3.63) is 34.9 Å². The van der Waals surface area contributed by atoms with Gasteiger partial charge in [0.2, 0.25) is 0 Å². The molecule has 1 atom stereocenters. The molecule has 0 spiro atoms. The first-order chi connectivity index (χ1) is 14.0. The zero-order valence-corrected chi connectivity index (χ0v) is 18.1. The van der Waals surface area contributed by atoms with Crippen molar-refractivity contribution >= 4 is 19.0 Å². The number of hydrogen-bond acceptors (Lipinski definition) is 3. The molecule has 3 saturated heterocycles. The number of rotatable bonds is 4. The molecule has 1 amide bonds. The third kappa shape index (κ3) is 4.51. The predicted octanol–water partition coefficient (Wildman–Crippen LogP) is 2.47. The van der Waals surface area contributed by atoms with Crippen molar-refractivity contribution in [3.8, 4) is 0 Å². The molecule has 29 heavy (non-hydrogen) atoms. The second-order valence-corrected chi connectivity index (χ2v) is 9.61. The first kappa shape index (κ1) is 20.8. The molecular formula is C24H35BN3O. The van der Waals surface area contributed by atoms with E-state index in [9.17, 15) is 4.79 Å². The van der Waals surface area contributed by atoms with Crippen LogP contribution in [0.15, 0.2) is 18.2 Å². The third-order valence-electron chi connectivity index (χ3n) is 7.60. The van der Waals surface area contributed by atoms with Crippen molar-refractivity contribution < 1.29 is 4.79 Å². The summed E-state index contributed by atoms with van der Waals surface area (Å²) in [6, 6.07) is 7.69. The quantitative estimate of drug-likeness (QED) is 0.774. The Balaban J connectivity index is 1.36. The van der Waals surface area contributed by atoms with Gasteiger partial charge in [-0.15, -0.1) is 0 Å². The molecule has 3 fully saturated rings. The topological polar surface area (TPSA) is 44.4 Å². The molecule has 2 N–H and O–H groups in total. The van der Waals surface area contributed by atoms with E-state index in [1.165, 1.54) is 75.0 Å². The van der Waals surface area contributed by atoms with Crippen molar-refractivity contribution in [3.63, 3.8) is 0 Å². The maximum absolute atomic E-state index is 11.7. The molecule has 1 radical (unpaired) electrons. The molecule has 3 aliphatic heterocycles. The van der Waals surface area contributed by atoms with Crippen molar-refractivity contribution in [2.75, 3.05) is 26.2 Å². The predicted molar refractivity (Wildman–Crippen MR) is 121 cm³/mol. The second kappa shape index (κ2) is 8.73. The molecule has 5 heteroatoms. The van der Waals surface area contributed by atoms with E-state index in [1.54, 1.807) is 0 Å². The van der Waals surface area contributed by atoms with Crippen molar-refractivity contribution in [1.82, 2.24) is 15.5 Å². The van der Waals surface area contributed by atoms with Crippen LogP contribution in [-0.4, -0.2) is 56.1 Å². The number of aryl methyl sites for hydroxylation is 1. The monoisotopic (exact) mass is 392 g/mol. The summed E-state index contributed by atoms with van der Waals surface area (Å²) in [6.45, 7) is 9.22. The molecule has 0 aromatic heterocycles. The fraction of sp³-hybridized carbons (Fsp3) is 0.667. The fourth-order valence-corrected chi connectivity index (χ4v) is 5.63. The maximum atomic E-state index is 11.7. The first-order valence-electron chi connectivity index (χ1n) is 11.4. The molecule has 1 aromatic rings. The summed E-state index contributed by atoms with van der Waals surface area (Å²) < 4.78 is 0. The van der Waals surface area contributed by atoms with Gasteiger partial charge in [0.25, 0.3) is 0 Å². The number of piperidine rings is 3. The van der Waals surface area contributed by atoms with Gasteiger partial charge >= 0.3 is 145 Å². The molecule has 3 heterocycles. The summed E-state index contributed by atoms with van der Waals surface area (Å²) in [5.41, 5.74) is 4.30. The molecule has 4 nitrogen and oxygen atoms in total. The van der Waals surface area contributed by atoms with Gasteiger partial charge in [-0.05, 0) is 25.9 Å². The fourth-order valence-electron chi connectivity index (χ4n) is 5.63. The van der Waals surface area contributed by atoms with Crippen molar-refractivity contribution in [2.45, 2.75) is 70.3 Å². The SMILES string of the molecule is [B]=C1NC(=O)CCC1(C)c1ccc(CC2CCN(C3CCNCC3)CC2)cc1C. The van der Waals surface area contributed by atoms with E-state index in [4.69, 9.17) is 7.49 Å². The normalized spacial score (nSPS) is 27.8. The number of carbonyl (C=O) groups excluding carboxylic acids is 1. The average molecular weight is 392 g/mol. The number of benzene rings is 1. The Morgan fingerprint density at radius 2 is 1.90 bits per heavy atom. The van der Waals surface area contributed by atoms with Crippen LogP contribution < -0.4 is 10.6 Å². The summed E-state index contributed by atoms with van der Waals surface area (Å²) in [5, 5.41) is 6.33. The van der Waals surface area contributed by atoms with Crippen molar-refractivity contribution in [2.24, 2.45) is 5.92 Å². The van der Waals surface area contributed by atoms with Gasteiger partial charge in [-0.2, -0.15) is 0 Å². The zero-order valence-electron chi connectivity index (χ0n) is 18.1.